The molecule has 0 fully saturated rings. The lowest BCUT2D eigenvalue weighted by Crippen LogP contribution is -2.06. The second-order valence-corrected chi connectivity index (χ2v) is 3.10. The number of para-hydroxylation sites is 1. The van der Waals surface area contributed by atoms with Gasteiger partial charge in [-0.2, -0.15) is 0 Å². The van der Waals surface area contributed by atoms with E-state index in [9.17, 15) is 10.2 Å². The third-order valence-corrected chi connectivity index (χ3v) is 2.13. The zero-order valence-electron chi connectivity index (χ0n) is 7.64. The molecular formula is C11H14O2. The number of phenolic OH excluding ortho intramolecular Hbond substituents is 1. The van der Waals surface area contributed by atoms with Crippen LogP contribution in [0.15, 0.2) is 36.9 Å². The number of aliphatic hydroxyl groups excluding tert-OH is 1. The van der Waals surface area contributed by atoms with Gasteiger partial charge in [0.25, 0.3) is 0 Å². The molecule has 2 nitrogen and oxygen atoms in total. The predicted molar refractivity (Wildman–Crippen MR) is 52.4 cm³/mol. The lowest BCUT2D eigenvalue weighted by atomic mass is 9.97. The van der Waals surface area contributed by atoms with Gasteiger partial charge in [-0.15, -0.1) is 6.58 Å². The molecule has 70 valence electrons. The Morgan fingerprint density at radius 1 is 1.38 bits per heavy atom. The number of hydrogen-bond donors (Lipinski definition) is 2. The van der Waals surface area contributed by atoms with E-state index in [-0.39, 0.29) is 11.7 Å². The third-order valence-electron chi connectivity index (χ3n) is 2.13. The second-order valence-electron chi connectivity index (χ2n) is 3.10. The van der Waals surface area contributed by atoms with Gasteiger partial charge in [-0.3, -0.25) is 0 Å². The van der Waals surface area contributed by atoms with Gasteiger partial charge in [-0.1, -0.05) is 31.2 Å². The number of aliphatic hydroxyl groups is 1. The summed E-state index contributed by atoms with van der Waals surface area (Å²) < 4.78 is 0. The molecule has 0 spiro atoms. The first kappa shape index (κ1) is 9.81. The van der Waals surface area contributed by atoms with E-state index < -0.39 is 6.10 Å². The van der Waals surface area contributed by atoms with E-state index >= 15 is 0 Å². The van der Waals surface area contributed by atoms with Gasteiger partial charge in [0.05, 0.1) is 6.10 Å². The summed E-state index contributed by atoms with van der Waals surface area (Å²) in [5.41, 5.74) is 0.551. The lowest BCUT2D eigenvalue weighted by molar-refractivity contribution is 0.136. The maximum Gasteiger partial charge on any atom is 0.121 e. The molecule has 2 atom stereocenters. The van der Waals surface area contributed by atoms with E-state index in [1.54, 1.807) is 30.3 Å². The number of rotatable bonds is 3. The van der Waals surface area contributed by atoms with Crippen LogP contribution in [0.25, 0.3) is 0 Å². The van der Waals surface area contributed by atoms with Crippen molar-refractivity contribution < 1.29 is 10.2 Å². The van der Waals surface area contributed by atoms with Gasteiger partial charge in [0.1, 0.15) is 5.75 Å². The van der Waals surface area contributed by atoms with Crippen LogP contribution in [-0.2, 0) is 0 Å². The normalized spacial score (nSPS) is 14.9. The van der Waals surface area contributed by atoms with E-state index in [0.29, 0.717) is 5.56 Å². The maximum absolute atomic E-state index is 9.74. The first-order valence-electron chi connectivity index (χ1n) is 4.25. The molecule has 0 bridgehead atoms. The Morgan fingerprint density at radius 2 is 2.00 bits per heavy atom. The van der Waals surface area contributed by atoms with Crippen LogP contribution in [0.1, 0.15) is 18.6 Å². The Labute approximate surface area is 78.2 Å². The highest BCUT2D eigenvalue weighted by molar-refractivity contribution is 5.34. The fourth-order valence-corrected chi connectivity index (χ4v) is 1.15. The highest BCUT2D eigenvalue weighted by Crippen LogP contribution is 2.29. The summed E-state index contributed by atoms with van der Waals surface area (Å²) in [6.07, 6.45) is 0.982. The van der Waals surface area contributed by atoms with Crippen LogP contribution in [0.4, 0.5) is 0 Å². The Hall–Kier alpha value is -1.28. The molecule has 0 aliphatic carbocycles. The van der Waals surface area contributed by atoms with E-state index in [0.717, 1.165) is 0 Å². The molecular weight excluding hydrogens is 164 g/mol. The van der Waals surface area contributed by atoms with Gasteiger partial charge < -0.3 is 10.2 Å². The maximum atomic E-state index is 9.74. The van der Waals surface area contributed by atoms with Gasteiger partial charge >= 0.3 is 0 Å². The van der Waals surface area contributed by atoms with Gasteiger partial charge in [-0.25, -0.2) is 0 Å². The summed E-state index contributed by atoms with van der Waals surface area (Å²) in [5.74, 6) is 0.0667. The zero-order valence-corrected chi connectivity index (χ0v) is 7.64. The van der Waals surface area contributed by atoms with E-state index in [1.807, 2.05) is 6.92 Å². The van der Waals surface area contributed by atoms with Crippen LogP contribution >= 0.6 is 0 Å². The van der Waals surface area contributed by atoms with Crippen LogP contribution in [-0.4, -0.2) is 10.2 Å². The first-order valence-corrected chi connectivity index (χ1v) is 4.25. The zero-order chi connectivity index (χ0) is 9.84. The van der Waals surface area contributed by atoms with Crippen molar-refractivity contribution in [2.75, 3.05) is 0 Å². The molecule has 0 aliphatic rings. The molecule has 0 radical (unpaired) electrons. The van der Waals surface area contributed by atoms with Crippen molar-refractivity contribution in [1.29, 1.82) is 0 Å². The van der Waals surface area contributed by atoms with Crippen molar-refractivity contribution in [2.24, 2.45) is 5.92 Å². The molecule has 1 aromatic carbocycles. The average molecular weight is 178 g/mol. The quantitative estimate of drug-likeness (QED) is 0.697. The molecule has 0 amide bonds. The van der Waals surface area contributed by atoms with Gasteiger partial charge in [-0.05, 0) is 6.07 Å². The highest BCUT2D eigenvalue weighted by atomic mass is 16.3. The second kappa shape index (κ2) is 4.10. The number of hydrogen-bond acceptors (Lipinski definition) is 2. The van der Waals surface area contributed by atoms with Crippen LogP contribution in [0.3, 0.4) is 0 Å². The van der Waals surface area contributed by atoms with E-state index in [4.69, 9.17) is 0 Å². The van der Waals surface area contributed by atoms with Gasteiger partial charge in [0.2, 0.25) is 0 Å². The minimum absolute atomic E-state index is 0.0618. The highest BCUT2D eigenvalue weighted by Gasteiger charge is 2.15. The summed E-state index contributed by atoms with van der Waals surface area (Å²) >= 11 is 0. The van der Waals surface area contributed by atoms with Crippen LogP contribution in [0.5, 0.6) is 5.75 Å². The first-order chi connectivity index (χ1) is 6.16. The minimum Gasteiger partial charge on any atom is -0.508 e. The molecule has 13 heavy (non-hydrogen) atoms. The predicted octanol–water partition coefficient (Wildman–Crippen LogP) is 2.25. The molecule has 0 unspecified atom stereocenters. The summed E-state index contributed by atoms with van der Waals surface area (Å²) in [7, 11) is 0. The number of aromatic hydroxyl groups is 1. The van der Waals surface area contributed by atoms with Crippen molar-refractivity contribution in [3.63, 3.8) is 0 Å². The minimum atomic E-state index is -0.682. The Morgan fingerprint density at radius 3 is 2.54 bits per heavy atom. The van der Waals surface area contributed by atoms with Crippen LogP contribution < -0.4 is 0 Å². The van der Waals surface area contributed by atoms with Crippen molar-refractivity contribution in [2.45, 2.75) is 13.0 Å². The molecule has 0 aromatic heterocycles. The largest absolute Gasteiger partial charge is 0.508 e. The summed E-state index contributed by atoms with van der Waals surface area (Å²) in [6, 6.07) is 6.78. The van der Waals surface area contributed by atoms with Crippen molar-refractivity contribution in [3.05, 3.63) is 42.5 Å². The van der Waals surface area contributed by atoms with Crippen molar-refractivity contribution in [3.8, 4) is 5.75 Å². The molecule has 1 rings (SSSR count). The third kappa shape index (κ3) is 2.10. The van der Waals surface area contributed by atoms with E-state index in [2.05, 4.69) is 6.58 Å². The summed E-state index contributed by atoms with van der Waals surface area (Å²) in [4.78, 5) is 0. The Balaban J connectivity index is 2.94. The van der Waals surface area contributed by atoms with Crippen LogP contribution in [0, 0.1) is 5.92 Å². The smallest absolute Gasteiger partial charge is 0.121 e. The fourth-order valence-electron chi connectivity index (χ4n) is 1.15. The fraction of sp³-hybridized carbons (Fsp3) is 0.273. The number of phenols is 1. The van der Waals surface area contributed by atoms with E-state index in [1.165, 1.54) is 0 Å². The van der Waals surface area contributed by atoms with Crippen LogP contribution in [0.2, 0.25) is 0 Å². The molecule has 0 saturated heterocycles. The summed E-state index contributed by atoms with van der Waals surface area (Å²) in [6.45, 7) is 5.45. The van der Waals surface area contributed by atoms with Crippen molar-refractivity contribution >= 4 is 0 Å². The topological polar surface area (TPSA) is 40.5 Å². The molecule has 2 heteroatoms. The van der Waals surface area contributed by atoms with Gasteiger partial charge in [0, 0.05) is 11.5 Å². The molecule has 0 heterocycles. The molecule has 0 aliphatic heterocycles. The number of benzene rings is 1. The molecule has 2 N–H and O–H groups in total. The Kier molecular flexibility index (Phi) is 3.09. The van der Waals surface area contributed by atoms with Crippen molar-refractivity contribution in [1.82, 2.24) is 0 Å². The van der Waals surface area contributed by atoms with Gasteiger partial charge in [0.15, 0.2) is 0 Å². The lowest BCUT2D eigenvalue weighted by Gasteiger charge is -2.16. The Bertz CT molecular complexity index is 294. The monoisotopic (exact) mass is 178 g/mol. The molecule has 1 aromatic rings. The summed E-state index contributed by atoms with van der Waals surface area (Å²) in [5, 5.41) is 19.2. The average Bonchev–Trinajstić information content (AvgIpc) is 2.16. The standard InChI is InChI=1S/C11H14O2/c1-3-8(2)11(13)9-6-4-5-7-10(9)12/h3-8,11-13H,1H2,2H3/t8-,11-/m0/s1. The SMILES string of the molecule is C=C[C@H](C)[C@H](O)c1ccccc1O. The molecule has 0 saturated carbocycles.